The maximum atomic E-state index is 12.9. The van der Waals surface area contributed by atoms with Gasteiger partial charge in [0.1, 0.15) is 12.4 Å². The monoisotopic (exact) mass is 272 g/mol. The van der Waals surface area contributed by atoms with Crippen molar-refractivity contribution in [1.29, 1.82) is 0 Å². The van der Waals surface area contributed by atoms with Crippen LogP contribution in [0.25, 0.3) is 0 Å². The van der Waals surface area contributed by atoms with Crippen molar-refractivity contribution in [2.45, 2.75) is 0 Å². The van der Waals surface area contributed by atoms with Gasteiger partial charge in [0.15, 0.2) is 0 Å². The summed E-state index contributed by atoms with van der Waals surface area (Å²) in [7, 11) is 0. The van der Waals surface area contributed by atoms with Gasteiger partial charge in [-0.2, -0.15) is 0 Å². The standard InChI is InChI=1S/C9H6BrFN2O2/c10-6-3-5(1-2-7(6)11)13-4-8(14)12-9(13)15/h1-3H,4H2,(H,12,14,15). The number of anilines is 1. The summed E-state index contributed by atoms with van der Waals surface area (Å²) in [6.07, 6.45) is 0. The Morgan fingerprint density at radius 2 is 2.13 bits per heavy atom. The molecule has 2 rings (SSSR count). The van der Waals surface area contributed by atoms with E-state index < -0.39 is 11.8 Å². The van der Waals surface area contributed by atoms with Gasteiger partial charge in [0, 0.05) is 5.69 Å². The number of nitrogens with zero attached hydrogens (tertiary/aromatic N) is 1. The Hall–Kier alpha value is -1.43. The van der Waals surface area contributed by atoms with Gasteiger partial charge >= 0.3 is 6.03 Å². The fourth-order valence-corrected chi connectivity index (χ4v) is 1.67. The number of nitrogens with one attached hydrogen (secondary N) is 1. The molecule has 1 aliphatic heterocycles. The van der Waals surface area contributed by atoms with Crippen LogP contribution in [0.4, 0.5) is 14.9 Å². The number of hydrogen-bond donors (Lipinski definition) is 1. The van der Waals surface area contributed by atoms with Crippen LogP contribution in [0, 0.1) is 5.82 Å². The second kappa shape index (κ2) is 3.62. The number of rotatable bonds is 1. The maximum absolute atomic E-state index is 12.9. The van der Waals surface area contributed by atoms with Crippen molar-refractivity contribution in [2.24, 2.45) is 0 Å². The van der Waals surface area contributed by atoms with E-state index >= 15 is 0 Å². The van der Waals surface area contributed by atoms with E-state index in [2.05, 4.69) is 21.2 Å². The number of urea groups is 1. The number of benzene rings is 1. The van der Waals surface area contributed by atoms with Crippen LogP contribution in [-0.2, 0) is 4.79 Å². The predicted molar refractivity (Wildman–Crippen MR) is 55.0 cm³/mol. The molecule has 6 heteroatoms. The summed E-state index contributed by atoms with van der Waals surface area (Å²) in [5, 5.41) is 2.14. The lowest BCUT2D eigenvalue weighted by Crippen LogP contribution is -2.27. The minimum Gasteiger partial charge on any atom is -0.285 e. The Morgan fingerprint density at radius 3 is 2.67 bits per heavy atom. The third-order valence-corrected chi connectivity index (χ3v) is 2.62. The zero-order valence-electron chi connectivity index (χ0n) is 7.46. The number of imide groups is 1. The van der Waals surface area contributed by atoms with Crippen LogP contribution in [-0.4, -0.2) is 18.5 Å². The molecule has 1 fully saturated rings. The van der Waals surface area contributed by atoms with E-state index in [1.807, 2.05) is 0 Å². The number of halogens is 2. The highest BCUT2D eigenvalue weighted by molar-refractivity contribution is 9.10. The highest BCUT2D eigenvalue weighted by Crippen LogP contribution is 2.24. The van der Waals surface area contributed by atoms with Crippen LogP contribution < -0.4 is 10.2 Å². The average molecular weight is 273 g/mol. The van der Waals surface area contributed by atoms with Crippen LogP contribution in [0.15, 0.2) is 22.7 Å². The molecule has 4 nitrogen and oxygen atoms in total. The third kappa shape index (κ3) is 1.85. The Labute approximate surface area is 93.2 Å². The topological polar surface area (TPSA) is 49.4 Å². The highest BCUT2D eigenvalue weighted by atomic mass is 79.9. The normalized spacial score (nSPS) is 15.7. The number of carbonyl (C=O) groups is 2. The molecule has 1 N–H and O–H groups in total. The minimum atomic E-state index is -0.487. The first-order valence-corrected chi connectivity index (χ1v) is 4.93. The first-order valence-electron chi connectivity index (χ1n) is 4.14. The molecule has 0 bridgehead atoms. The van der Waals surface area contributed by atoms with Gasteiger partial charge in [0.05, 0.1) is 4.47 Å². The summed E-state index contributed by atoms with van der Waals surface area (Å²) in [4.78, 5) is 23.4. The van der Waals surface area contributed by atoms with Crippen molar-refractivity contribution in [2.75, 3.05) is 11.4 Å². The van der Waals surface area contributed by atoms with Gasteiger partial charge in [0.2, 0.25) is 5.91 Å². The zero-order valence-corrected chi connectivity index (χ0v) is 9.04. The third-order valence-electron chi connectivity index (χ3n) is 2.01. The van der Waals surface area contributed by atoms with E-state index in [0.29, 0.717) is 5.69 Å². The molecule has 1 heterocycles. The van der Waals surface area contributed by atoms with Gasteiger partial charge in [-0.05, 0) is 34.1 Å². The van der Waals surface area contributed by atoms with Crippen LogP contribution in [0.2, 0.25) is 0 Å². The van der Waals surface area contributed by atoms with Gasteiger partial charge in [-0.15, -0.1) is 0 Å². The van der Waals surface area contributed by atoms with Crippen molar-refractivity contribution in [3.8, 4) is 0 Å². The van der Waals surface area contributed by atoms with Crippen LogP contribution >= 0.6 is 15.9 Å². The van der Waals surface area contributed by atoms with E-state index in [4.69, 9.17) is 0 Å². The van der Waals surface area contributed by atoms with E-state index in [1.54, 1.807) is 0 Å². The van der Waals surface area contributed by atoms with Gasteiger partial charge in [0.25, 0.3) is 0 Å². The quantitative estimate of drug-likeness (QED) is 0.791. The van der Waals surface area contributed by atoms with Crippen LogP contribution in [0.5, 0.6) is 0 Å². The van der Waals surface area contributed by atoms with Crippen molar-refractivity contribution < 1.29 is 14.0 Å². The van der Waals surface area contributed by atoms with E-state index in [1.165, 1.54) is 23.1 Å². The summed E-state index contributed by atoms with van der Waals surface area (Å²) in [6.45, 7) is -0.0308. The lowest BCUT2D eigenvalue weighted by molar-refractivity contribution is -0.117. The molecule has 0 aliphatic carbocycles. The molecule has 0 atom stereocenters. The van der Waals surface area contributed by atoms with Crippen molar-refractivity contribution in [1.82, 2.24) is 5.32 Å². The fraction of sp³-hybridized carbons (Fsp3) is 0.111. The van der Waals surface area contributed by atoms with Gasteiger partial charge < -0.3 is 0 Å². The lowest BCUT2D eigenvalue weighted by atomic mass is 10.3. The molecule has 1 aliphatic rings. The lowest BCUT2D eigenvalue weighted by Gasteiger charge is -2.13. The molecule has 0 radical (unpaired) electrons. The Balaban J connectivity index is 2.34. The molecule has 15 heavy (non-hydrogen) atoms. The molecule has 3 amide bonds. The first kappa shape index (κ1) is 10.1. The van der Waals surface area contributed by atoms with Gasteiger partial charge in [-0.3, -0.25) is 15.0 Å². The van der Waals surface area contributed by atoms with Crippen molar-refractivity contribution in [3.05, 3.63) is 28.5 Å². The predicted octanol–water partition coefficient (Wildman–Crippen LogP) is 1.64. The molecular formula is C9H6BrFN2O2. The SMILES string of the molecule is O=C1CN(c2ccc(F)c(Br)c2)C(=O)N1. The van der Waals surface area contributed by atoms with E-state index in [-0.39, 0.29) is 16.9 Å². The van der Waals surface area contributed by atoms with Crippen LogP contribution in [0.1, 0.15) is 0 Å². The smallest absolute Gasteiger partial charge is 0.285 e. The van der Waals surface area contributed by atoms with Crippen molar-refractivity contribution in [3.63, 3.8) is 0 Å². The Bertz CT molecular complexity index is 450. The summed E-state index contributed by atoms with van der Waals surface area (Å²) in [5.74, 6) is -0.773. The van der Waals surface area contributed by atoms with Gasteiger partial charge in [-0.25, -0.2) is 9.18 Å². The first-order chi connectivity index (χ1) is 7.08. The number of amides is 3. The second-order valence-corrected chi connectivity index (χ2v) is 3.89. The largest absolute Gasteiger partial charge is 0.329 e. The molecule has 1 aromatic rings. The molecule has 1 saturated heterocycles. The fourth-order valence-electron chi connectivity index (χ4n) is 1.30. The summed E-state index contributed by atoms with van der Waals surface area (Å²) >= 11 is 3.01. The molecule has 78 valence electrons. The number of carbonyl (C=O) groups excluding carboxylic acids is 2. The zero-order chi connectivity index (χ0) is 11.0. The van der Waals surface area contributed by atoms with E-state index in [9.17, 15) is 14.0 Å². The second-order valence-electron chi connectivity index (χ2n) is 3.04. The summed E-state index contributed by atoms with van der Waals surface area (Å²) in [6, 6.07) is 3.64. The Morgan fingerprint density at radius 1 is 1.40 bits per heavy atom. The van der Waals surface area contributed by atoms with E-state index in [0.717, 1.165) is 0 Å². The van der Waals surface area contributed by atoms with Crippen LogP contribution in [0.3, 0.4) is 0 Å². The average Bonchev–Trinajstić information content (AvgIpc) is 2.50. The molecule has 0 spiro atoms. The summed E-state index contributed by atoms with van der Waals surface area (Å²) < 4.78 is 13.2. The minimum absolute atomic E-state index is 0.0308. The molecule has 0 aromatic heterocycles. The molecule has 1 aromatic carbocycles. The number of hydrogen-bond acceptors (Lipinski definition) is 2. The molecular weight excluding hydrogens is 267 g/mol. The highest BCUT2D eigenvalue weighted by Gasteiger charge is 2.28. The van der Waals surface area contributed by atoms with Gasteiger partial charge in [-0.1, -0.05) is 0 Å². The molecule has 0 saturated carbocycles. The van der Waals surface area contributed by atoms with Crippen molar-refractivity contribution >= 4 is 33.6 Å². The summed E-state index contributed by atoms with van der Waals surface area (Å²) in [5.41, 5.74) is 0.478. The maximum Gasteiger partial charge on any atom is 0.329 e. The molecule has 0 unspecified atom stereocenters. The Kier molecular flexibility index (Phi) is 2.44.